The van der Waals surface area contributed by atoms with Crippen molar-refractivity contribution in [3.63, 3.8) is 0 Å². The summed E-state index contributed by atoms with van der Waals surface area (Å²) in [5.74, 6) is 0.475. The number of hydrogen-bond donors (Lipinski definition) is 1. The van der Waals surface area contributed by atoms with Crippen LogP contribution in [0.4, 0.5) is 0 Å². The SMILES string of the molecule is Cc1ccc(CNC(=O)[C@@H](C)Oc2ccc(Cl)cc2)cc1. The minimum Gasteiger partial charge on any atom is -0.481 e. The Morgan fingerprint density at radius 3 is 2.38 bits per heavy atom. The van der Waals surface area contributed by atoms with Crippen LogP contribution < -0.4 is 10.1 Å². The Kier molecular flexibility index (Phi) is 5.23. The van der Waals surface area contributed by atoms with E-state index in [9.17, 15) is 4.79 Å². The van der Waals surface area contributed by atoms with Crippen molar-refractivity contribution in [1.82, 2.24) is 5.32 Å². The Bertz CT molecular complexity index is 593. The predicted octanol–water partition coefficient (Wildman–Crippen LogP) is 3.73. The maximum atomic E-state index is 12.0. The second kappa shape index (κ2) is 7.14. The van der Waals surface area contributed by atoms with Crippen molar-refractivity contribution >= 4 is 17.5 Å². The first-order valence-electron chi connectivity index (χ1n) is 6.80. The molecule has 0 aromatic heterocycles. The topological polar surface area (TPSA) is 38.3 Å². The summed E-state index contributed by atoms with van der Waals surface area (Å²) in [6.07, 6.45) is -0.559. The molecule has 110 valence electrons. The van der Waals surface area contributed by atoms with E-state index in [2.05, 4.69) is 5.32 Å². The van der Waals surface area contributed by atoms with Crippen molar-refractivity contribution in [2.24, 2.45) is 0 Å². The van der Waals surface area contributed by atoms with Gasteiger partial charge < -0.3 is 10.1 Å². The van der Waals surface area contributed by atoms with Crippen LogP contribution in [0.5, 0.6) is 5.75 Å². The Hall–Kier alpha value is -2.00. The number of amides is 1. The minimum atomic E-state index is -0.559. The standard InChI is InChI=1S/C17H18ClNO2/c1-12-3-5-14(6-4-12)11-19-17(20)13(2)21-16-9-7-15(18)8-10-16/h3-10,13H,11H2,1-2H3,(H,19,20)/t13-/m1/s1. The predicted molar refractivity (Wildman–Crippen MR) is 84.6 cm³/mol. The van der Waals surface area contributed by atoms with Gasteiger partial charge >= 0.3 is 0 Å². The van der Waals surface area contributed by atoms with Crippen molar-refractivity contribution < 1.29 is 9.53 Å². The van der Waals surface area contributed by atoms with E-state index >= 15 is 0 Å². The highest BCUT2D eigenvalue weighted by molar-refractivity contribution is 6.30. The lowest BCUT2D eigenvalue weighted by atomic mass is 10.1. The molecule has 1 N–H and O–H groups in total. The summed E-state index contributed by atoms with van der Waals surface area (Å²) < 4.78 is 5.57. The molecular formula is C17H18ClNO2. The lowest BCUT2D eigenvalue weighted by molar-refractivity contribution is -0.127. The van der Waals surface area contributed by atoms with Gasteiger partial charge in [-0.3, -0.25) is 4.79 Å². The summed E-state index contributed by atoms with van der Waals surface area (Å²) in [6, 6.07) is 15.0. The third-order valence-corrected chi connectivity index (χ3v) is 3.34. The number of benzene rings is 2. The average molecular weight is 304 g/mol. The molecule has 0 heterocycles. The Balaban J connectivity index is 1.84. The van der Waals surface area contributed by atoms with Gasteiger partial charge in [-0.05, 0) is 43.7 Å². The normalized spacial score (nSPS) is 11.8. The molecule has 3 nitrogen and oxygen atoms in total. The van der Waals surface area contributed by atoms with Gasteiger partial charge in [-0.25, -0.2) is 0 Å². The van der Waals surface area contributed by atoms with Crippen LogP contribution in [0, 0.1) is 6.92 Å². The molecule has 0 saturated heterocycles. The van der Waals surface area contributed by atoms with Gasteiger partial charge in [0.25, 0.3) is 5.91 Å². The number of halogens is 1. The second-order valence-corrected chi connectivity index (χ2v) is 5.35. The van der Waals surface area contributed by atoms with Gasteiger partial charge in [0.2, 0.25) is 0 Å². The van der Waals surface area contributed by atoms with Crippen molar-refractivity contribution in [2.45, 2.75) is 26.5 Å². The van der Waals surface area contributed by atoms with Crippen LogP contribution in [-0.4, -0.2) is 12.0 Å². The molecule has 2 aromatic rings. The molecule has 0 aliphatic rings. The summed E-state index contributed by atoms with van der Waals surface area (Å²) in [5.41, 5.74) is 2.26. The molecule has 0 aliphatic heterocycles. The summed E-state index contributed by atoms with van der Waals surface area (Å²) in [4.78, 5) is 12.0. The quantitative estimate of drug-likeness (QED) is 0.914. The summed E-state index contributed by atoms with van der Waals surface area (Å²) in [7, 11) is 0. The fourth-order valence-electron chi connectivity index (χ4n) is 1.81. The largest absolute Gasteiger partial charge is 0.481 e. The highest BCUT2D eigenvalue weighted by atomic mass is 35.5. The molecule has 0 aliphatic carbocycles. The van der Waals surface area contributed by atoms with E-state index in [0.29, 0.717) is 17.3 Å². The van der Waals surface area contributed by atoms with Crippen molar-refractivity contribution in [2.75, 3.05) is 0 Å². The molecule has 4 heteroatoms. The van der Waals surface area contributed by atoms with E-state index < -0.39 is 6.10 Å². The number of nitrogens with one attached hydrogen (secondary N) is 1. The van der Waals surface area contributed by atoms with Gasteiger partial charge in [-0.15, -0.1) is 0 Å². The van der Waals surface area contributed by atoms with Crippen molar-refractivity contribution in [3.8, 4) is 5.75 Å². The number of ether oxygens (including phenoxy) is 1. The van der Waals surface area contributed by atoms with Crippen LogP contribution in [0.15, 0.2) is 48.5 Å². The fraction of sp³-hybridized carbons (Fsp3) is 0.235. The molecule has 2 rings (SSSR count). The molecular weight excluding hydrogens is 286 g/mol. The van der Waals surface area contributed by atoms with Gasteiger partial charge in [0.05, 0.1) is 0 Å². The molecule has 2 aromatic carbocycles. The van der Waals surface area contributed by atoms with E-state index in [0.717, 1.165) is 5.56 Å². The van der Waals surface area contributed by atoms with Gasteiger partial charge in [0, 0.05) is 11.6 Å². The lowest BCUT2D eigenvalue weighted by Gasteiger charge is -2.14. The van der Waals surface area contributed by atoms with Gasteiger partial charge in [-0.1, -0.05) is 41.4 Å². The average Bonchev–Trinajstić information content (AvgIpc) is 2.48. The fourth-order valence-corrected chi connectivity index (χ4v) is 1.94. The van der Waals surface area contributed by atoms with Crippen molar-refractivity contribution in [1.29, 1.82) is 0 Å². The first-order valence-corrected chi connectivity index (χ1v) is 7.18. The highest BCUT2D eigenvalue weighted by Gasteiger charge is 2.14. The number of carbonyl (C=O) groups excluding carboxylic acids is 1. The first-order chi connectivity index (χ1) is 10.0. The molecule has 0 unspecified atom stereocenters. The van der Waals surface area contributed by atoms with Crippen LogP contribution in [-0.2, 0) is 11.3 Å². The summed E-state index contributed by atoms with van der Waals surface area (Å²) in [6.45, 7) is 4.25. The molecule has 21 heavy (non-hydrogen) atoms. The molecule has 0 spiro atoms. The summed E-state index contributed by atoms with van der Waals surface area (Å²) in [5, 5.41) is 3.50. The van der Waals surface area contributed by atoms with Crippen LogP contribution in [0.25, 0.3) is 0 Å². The van der Waals surface area contributed by atoms with E-state index in [1.54, 1.807) is 31.2 Å². The third kappa shape index (κ3) is 4.80. The Morgan fingerprint density at radius 1 is 1.14 bits per heavy atom. The third-order valence-electron chi connectivity index (χ3n) is 3.08. The smallest absolute Gasteiger partial charge is 0.261 e. The zero-order valence-corrected chi connectivity index (χ0v) is 12.9. The maximum absolute atomic E-state index is 12.0. The molecule has 0 fully saturated rings. The van der Waals surface area contributed by atoms with Crippen molar-refractivity contribution in [3.05, 3.63) is 64.7 Å². The monoisotopic (exact) mass is 303 g/mol. The van der Waals surface area contributed by atoms with Crippen LogP contribution in [0.2, 0.25) is 5.02 Å². The first kappa shape index (κ1) is 15.4. The van der Waals surface area contributed by atoms with Crippen LogP contribution in [0.3, 0.4) is 0 Å². The zero-order valence-electron chi connectivity index (χ0n) is 12.1. The lowest BCUT2D eigenvalue weighted by Crippen LogP contribution is -2.35. The van der Waals surface area contributed by atoms with E-state index in [4.69, 9.17) is 16.3 Å². The molecule has 0 saturated carbocycles. The summed E-state index contributed by atoms with van der Waals surface area (Å²) >= 11 is 5.80. The molecule has 0 bridgehead atoms. The van der Waals surface area contributed by atoms with E-state index in [-0.39, 0.29) is 5.91 Å². The highest BCUT2D eigenvalue weighted by Crippen LogP contribution is 2.16. The second-order valence-electron chi connectivity index (χ2n) is 4.92. The molecule has 0 radical (unpaired) electrons. The number of carbonyl (C=O) groups is 1. The van der Waals surface area contributed by atoms with Crippen LogP contribution in [0.1, 0.15) is 18.1 Å². The Labute approximate surface area is 129 Å². The van der Waals surface area contributed by atoms with E-state index in [1.807, 2.05) is 31.2 Å². The number of hydrogen-bond acceptors (Lipinski definition) is 2. The number of rotatable bonds is 5. The van der Waals surface area contributed by atoms with E-state index in [1.165, 1.54) is 5.56 Å². The maximum Gasteiger partial charge on any atom is 0.261 e. The van der Waals surface area contributed by atoms with Gasteiger partial charge in [-0.2, -0.15) is 0 Å². The number of aryl methyl sites for hydroxylation is 1. The molecule has 1 amide bonds. The van der Waals surface area contributed by atoms with Gasteiger partial charge in [0.1, 0.15) is 5.75 Å². The Morgan fingerprint density at radius 2 is 1.76 bits per heavy atom. The van der Waals surface area contributed by atoms with Gasteiger partial charge in [0.15, 0.2) is 6.10 Å². The minimum absolute atomic E-state index is 0.148. The zero-order chi connectivity index (χ0) is 15.2. The van der Waals surface area contributed by atoms with Crippen LogP contribution >= 0.6 is 11.6 Å². The molecule has 1 atom stereocenters.